The number of fused-ring (bicyclic) bond motifs is 2. The van der Waals surface area contributed by atoms with Crippen LogP contribution in [0.25, 0.3) is 6.08 Å². The third-order valence-corrected chi connectivity index (χ3v) is 15.4. The van der Waals surface area contributed by atoms with Crippen LogP contribution in [0.15, 0.2) is 76.9 Å². The molecule has 2 aromatic rings. The van der Waals surface area contributed by atoms with Gasteiger partial charge in [-0.3, -0.25) is 29.3 Å². The van der Waals surface area contributed by atoms with Crippen molar-refractivity contribution in [3.63, 3.8) is 0 Å². The van der Waals surface area contributed by atoms with Gasteiger partial charge in [0.05, 0.1) is 23.3 Å². The summed E-state index contributed by atoms with van der Waals surface area (Å²) >= 11 is 0. The summed E-state index contributed by atoms with van der Waals surface area (Å²) in [7, 11) is 0. The van der Waals surface area contributed by atoms with Crippen molar-refractivity contribution in [3.8, 4) is 23.0 Å². The molecule has 1 saturated carbocycles. The van der Waals surface area contributed by atoms with E-state index in [4.69, 9.17) is 28.4 Å². The minimum atomic E-state index is -1.84. The second kappa shape index (κ2) is 19.5. The van der Waals surface area contributed by atoms with Crippen molar-refractivity contribution in [1.29, 1.82) is 0 Å². The zero-order chi connectivity index (χ0) is 53.4. The van der Waals surface area contributed by atoms with Crippen LogP contribution in [-0.2, 0) is 35.1 Å². The van der Waals surface area contributed by atoms with Crippen LogP contribution in [0.3, 0.4) is 0 Å². The SMILES string of the molecule is CC(C)=CCCC1(C)C=Cc2c(c(CC=C(C)C)c3c(c2OC(=O)c2ccc(O[C@@H]4O[C@H](CO)[C@@H](O)[C@H](O)[C@H]4O)cc2)C(=O)C2=CC4CC5C(C)(C)OC(C/C=C(/C)C(=O)NC6CCC(=O)NC6=O)(C4=O)C25O3)O1. The van der Waals surface area contributed by atoms with E-state index in [1.807, 2.05) is 60.6 Å². The molecular weight excluding hydrogens is 957 g/mol. The van der Waals surface area contributed by atoms with Crippen molar-refractivity contribution in [1.82, 2.24) is 10.6 Å². The summed E-state index contributed by atoms with van der Waals surface area (Å²) in [6, 6.07) is 4.63. The molecule has 0 aromatic heterocycles. The maximum atomic E-state index is 15.9. The van der Waals surface area contributed by atoms with E-state index < -0.39 is 107 Å². The van der Waals surface area contributed by atoms with Gasteiger partial charge in [0.2, 0.25) is 24.0 Å². The van der Waals surface area contributed by atoms with Crippen LogP contribution >= 0.6 is 0 Å². The standard InChI is InChI=1S/C56H64N2O16/c1-27(2)10-9-21-54(8)22-20-34-45(72-54)33(16-11-28(3)4)47-40(46(34)71-51(68)30-12-14-32(15-13-30)69-52-44(64)43(63)42(62)37(26-59)70-52)41(61)35-24-31-25-38-53(6,7)74-55(48(31)65,56(35,38)73-47)23-19-29(5)49(66)57-36-17-18-39(60)58-50(36)67/h10-15,19-20,22,24,31,36-38,42-44,52,59,62-64H,9,16-18,21,23,25-26H2,1-8H3,(H,57,66)(H,58,60,67)/b29-19-/t31?,36?,37-,38?,42-,43+,44-,52-,54?,55?,56?/m1/s1. The zero-order valence-corrected chi connectivity index (χ0v) is 42.7. The molecule has 18 nitrogen and oxygen atoms in total. The number of ether oxygens (including phenoxy) is 6. The Balaban J connectivity index is 1.14. The second-order valence-corrected chi connectivity index (χ2v) is 21.6. The average molecular weight is 1020 g/mol. The first-order chi connectivity index (χ1) is 34.9. The quantitative estimate of drug-likeness (QED) is 0.0490. The Hall–Kier alpha value is -6.28. The monoisotopic (exact) mass is 1020 g/mol. The summed E-state index contributed by atoms with van der Waals surface area (Å²) < 4.78 is 39.1. The highest BCUT2D eigenvalue weighted by Gasteiger charge is 2.81. The predicted molar refractivity (Wildman–Crippen MR) is 265 cm³/mol. The number of aliphatic hydroxyl groups is 4. The van der Waals surface area contributed by atoms with Gasteiger partial charge >= 0.3 is 5.97 Å². The molecule has 6 unspecified atom stereocenters. The smallest absolute Gasteiger partial charge is 0.343 e. The number of amides is 3. The number of hydrogen-bond acceptors (Lipinski definition) is 16. The fourth-order valence-electron chi connectivity index (χ4n) is 11.5. The molecule has 11 atom stereocenters. The lowest BCUT2D eigenvalue weighted by Crippen LogP contribution is -2.72. The summed E-state index contributed by atoms with van der Waals surface area (Å²) in [6.07, 6.45) is 5.05. The fraction of sp³-hybridized carbons (Fsp3) is 0.500. The van der Waals surface area contributed by atoms with Crippen molar-refractivity contribution >= 4 is 41.3 Å². The Morgan fingerprint density at radius 1 is 0.905 bits per heavy atom. The number of carbonyl (C=O) groups excluding carboxylic acids is 6. The van der Waals surface area contributed by atoms with E-state index in [1.165, 1.54) is 24.3 Å². The van der Waals surface area contributed by atoms with E-state index in [0.717, 1.165) is 11.1 Å². The summed E-state index contributed by atoms with van der Waals surface area (Å²) in [6.45, 7) is 14.4. The number of aliphatic hydroxyl groups excluding tert-OH is 4. The molecule has 1 spiro atoms. The Morgan fingerprint density at radius 2 is 1.62 bits per heavy atom. The molecule has 3 aliphatic carbocycles. The number of esters is 1. The number of allylic oxidation sites excluding steroid dienone is 5. The molecule has 18 heteroatoms. The average Bonchev–Trinajstić information content (AvgIpc) is 3.56. The van der Waals surface area contributed by atoms with Gasteiger partial charge in [0.25, 0.3) is 0 Å². The minimum absolute atomic E-state index is 0.0210. The molecule has 2 aromatic carbocycles. The molecule has 4 fully saturated rings. The largest absolute Gasteiger partial charge is 0.482 e. The van der Waals surface area contributed by atoms with Crippen molar-refractivity contribution in [2.24, 2.45) is 11.8 Å². The number of ketones is 2. The molecule has 5 aliphatic heterocycles. The van der Waals surface area contributed by atoms with Crippen molar-refractivity contribution in [2.45, 2.75) is 159 Å². The summed E-state index contributed by atoms with van der Waals surface area (Å²) in [5.41, 5.74) is -2.35. The van der Waals surface area contributed by atoms with Gasteiger partial charge in [0.1, 0.15) is 58.9 Å². The third kappa shape index (κ3) is 8.92. The van der Waals surface area contributed by atoms with Gasteiger partial charge in [-0.15, -0.1) is 0 Å². The Morgan fingerprint density at radius 3 is 2.30 bits per heavy atom. The normalized spacial score (nSPS) is 32.2. The van der Waals surface area contributed by atoms with Crippen LogP contribution < -0.4 is 29.6 Å². The highest BCUT2D eigenvalue weighted by atomic mass is 16.7. The summed E-state index contributed by atoms with van der Waals surface area (Å²) in [5.74, 6) is -4.41. The van der Waals surface area contributed by atoms with Gasteiger partial charge in [-0.05, 0) is 124 Å². The molecule has 394 valence electrons. The number of benzene rings is 2. The van der Waals surface area contributed by atoms with Crippen LogP contribution in [0.4, 0.5) is 0 Å². The molecule has 4 bridgehead atoms. The first-order valence-electron chi connectivity index (χ1n) is 25.1. The fourth-order valence-corrected chi connectivity index (χ4v) is 11.5. The van der Waals surface area contributed by atoms with E-state index >= 15 is 9.59 Å². The number of Topliss-reactive ketones (excluding diaryl/α,β-unsaturated/α-hetero) is 2. The van der Waals surface area contributed by atoms with Crippen molar-refractivity contribution in [2.75, 3.05) is 6.61 Å². The lowest BCUT2D eigenvalue weighted by Gasteiger charge is -2.56. The molecule has 8 aliphatic rings. The Bertz CT molecular complexity index is 2870. The molecular formula is C56H64N2O16. The van der Waals surface area contributed by atoms with Gasteiger partial charge in [0.15, 0.2) is 28.5 Å². The maximum Gasteiger partial charge on any atom is 0.343 e. The predicted octanol–water partition coefficient (Wildman–Crippen LogP) is 4.77. The van der Waals surface area contributed by atoms with Gasteiger partial charge < -0.3 is 54.2 Å². The molecule has 74 heavy (non-hydrogen) atoms. The van der Waals surface area contributed by atoms with Crippen molar-refractivity contribution in [3.05, 3.63) is 99.2 Å². The molecule has 10 rings (SSSR count). The van der Waals surface area contributed by atoms with Crippen LogP contribution in [-0.4, -0.2) is 121 Å². The first kappa shape index (κ1) is 52.6. The zero-order valence-electron chi connectivity index (χ0n) is 42.7. The number of nitrogens with one attached hydrogen (secondary N) is 2. The molecule has 0 radical (unpaired) electrons. The van der Waals surface area contributed by atoms with E-state index in [1.54, 1.807) is 25.2 Å². The van der Waals surface area contributed by atoms with Gasteiger partial charge in [-0.2, -0.15) is 0 Å². The Labute approximate surface area is 428 Å². The van der Waals surface area contributed by atoms with Gasteiger partial charge in [0, 0.05) is 41.4 Å². The first-order valence-corrected chi connectivity index (χ1v) is 25.1. The third-order valence-electron chi connectivity index (χ3n) is 15.4. The van der Waals surface area contributed by atoms with Crippen LogP contribution in [0.1, 0.15) is 126 Å². The number of carbonyl (C=O) groups is 6. The van der Waals surface area contributed by atoms with Gasteiger partial charge in [-0.25, -0.2) is 4.79 Å². The van der Waals surface area contributed by atoms with Crippen molar-refractivity contribution < 1.29 is 77.6 Å². The van der Waals surface area contributed by atoms with E-state index in [2.05, 4.69) is 16.7 Å². The maximum absolute atomic E-state index is 15.9. The summed E-state index contributed by atoms with van der Waals surface area (Å²) in [5, 5.41) is 45.7. The minimum Gasteiger partial charge on any atom is -0.482 e. The number of piperidine rings is 1. The number of hydrogen-bond donors (Lipinski definition) is 6. The molecule has 3 saturated heterocycles. The van der Waals surface area contributed by atoms with E-state index in [-0.39, 0.29) is 71.0 Å². The topological polar surface area (TPSA) is 263 Å². The van der Waals surface area contributed by atoms with E-state index in [9.17, 15) is 39.6 Å². The number of rotatable bonds is 14. The van der Waals surface area contributed by atoms with Crippen LogP contribution in [0.2, 0.25) is 0 Å². The Kier molecular flexibility index (Phi) is 13.8. The van der Waals surface area contributed by atoms with Gasteiger partial charge in [-0.1, -0.05) is 35.5 Å². The highest BCUT2D eigenvalue weighted by Crippen LogP contribution is 2.69. The highest BCUT2D eigenvalue weighted by molar-refractivity contribution is 6.19. The lowest BCUT2D eigenvalue weighted by atomic mass is 9.51. The lowest BCUT2D eigenvalue weighted by molar-refractivity contribution is -0.277. The van der Waals surface area contributed by atoms with Crippen LogP contribution in [0.5, 0.6) is 23.0 Å². The molecule has 3 amide bonds. The summed E-state index contributed by atoms with van der Waals surface area (Å²) in [4.78, 5) is 83.5. The second-order valence-electron chi connectivity index (χ2n) is 21.6. The molecule has 5 heterocycles. The molecule has 6 N–H and O–H groups in total. The van der Waals surface area contributed by atoms with Crippen LogP contribution in [0, 0.1) is 11.8 Å². The van der Waals surface area contributed by atoms with E-state index in [0.29, 0.717) is 36.1 Å². The number of imide groups is 1.